The van der Waals surface area contributed by atoms with E-state index < -0.39 is 0 Å². The van der Waals surface area contributed by atoms with Gasteiger partial charge in [-0.2, -0.15) is 0 Å². The van der Waals surface area contributed by atoms with Crippen molar-refractivity contribution in [2.45, 2.75) is 19.5 Å². The molecule has 0 spiro atoms. The fourth-order valence-corrected chi connectivity index (χ4v) is 2.94. The molecule has 98 valence electrons. The molecule has 3 aliphatic rings. The van der Waals surface area contributed by atoms with E-state index in [1.54, 1.807) is 0 Å². The van der Waals surface area contributed by atoms with Crippen LogP contribution in [0.5, 0.6) is 0 Å². The highest BCUT2D eigenvalue weighted by atomic mass is 15.4. The van der Waals surface area contributed by atoms with Gasteiger partial charge in [0.05, 0.1) is 11.7 Å². The average molecular weight is 247 g/mol. The second-order valence-corrected chi connectivity index (χ2v) is 5.24. The smallest absolute Gasteiger partial charge is 0.147 e. The molecule has 1 N–H and O–H groups in total. The largest absolute Gasteiger partial charge is 0.314 e. The molecule has 1 atom stereocenters. The zero-order valence-electron chi connectivity index (χ0n) is 11.2. The Balaban J connectivity index is 1.87. The van der Waals surface area contributed by atoms with Gasteiger partial charge < -0.3 is 5.32 Å². The van der Waals surface area contributed by atoms with E-state index >= 15 is 0 Å². The SMILES string of the molecule is CNCc1cc(C)nc(C2CN3CCN2CC3)n1. The molecule has 0 radical (unpaired) electrons. The predicted molar refractivity (Wildman–Crippen MR) is 70.3 cm³/mol. The van der Waals surface area contributed by atoms with Crippen molar-refractivity contribution in [1.29, 1.82) is 0 Å². The first kappa shape index (κ1) is 12.0. The number of nitrogens with zero attached hydrogens (tertiary/aromatic N) is 4. The van der Waals surface area contributed by atoms with E-state index in [1.807, 2.05) is 7.05 Å². The summed E-state index contributed by atoms with van der Waals surface area (Å²) in [4.78, 5) is 14.4. The molecular weight excluding hydrogens is 226 g/mol. The maximum Gasteiger partial charge on any atom is 0.147 e. The number of piperazine rings is 3. The highest BCUT2D eigenvalue weighted by molar-refractivity contribution is 5.13. The molecule has 0 amide bonds. The van der Waals surface area contributed by atoms with Crippen LogP contribution in [0, 0.1) is 6.92 Å². The lowest BCUT2D eigenvalue weighted by Crippen LogP contribution is -2.57. The minimum atomic E-state index is 0.392. The monoisotopic (exact) mass is 247 g/mol. The Morgan fingerprint density at radius 1 is 1.28 bits per heavy atom. The van der Waals surface area contributed by atoms with Crippen molar-refractivity contribution in [3.63, 3.8) is 0 Å². The Kier molecular flexibility index (Phi) is 3.28. The third-order valence-electron chi connectivity index (χ3n) is 3.86. The lowest BCUT2D eigenvalue weighted by Gasteiger charge is -2.46. The van der Waals surface area contributed by atoms with Crippen molar-refractivity contribution in [2.75, 3.05) is 39.8 Å². The first-order valence-corrected chi connectivity index (χ1v) is 6.72. The van der Waals surface area contributed by atoms with Gasteiger partial charge in [-0.05, 0) is 20.0 Å². The topological polar surface area (TPSA) is 44.3 Å². The van der Waals surface area contributed by atoms with Crippen molar-refractivity contribution < 1.29 is 0 Å². The summed E-state index contributed by atoms with van der Waals surface area (Å²) < 4.78 is 0. The Morgan fingerprint density at radius 3 is 2.67 bits per heavy atom. The van der Waals surface area contributed by atoms with Crippen molar-refractivity contribution in [2.24, 2.45) is 0 Å². The Labute approximate surface area is 108 Å². The van der Waals surface area contributed by atoms with E-state index in [2.05, 4.69) is 33.1 Å². The highest BCUT2D eigenvalue weighted by Gasteiger charge is 2.34. The van der Waals surface area contributed by atoms with Gasteiger partial charge in [-0.3, -0.25) is 9.80 Å². The van der Waals surface area contributed by atoms with Gasteiger partial charge >= 0.3 is 0 Å². The van der Waals surface area contributed by atoms with E-state index in [0.717, 1.165) is 43.4 Å². The van der Waals surface area contributed by atoms with Gasteiger partial charge in [-0.1, -0.05) is 0 Å². The van der Waals surface area contributed by atoms with Crippen LogP contribution in [-0.2, 0) is 6.54 Å². The van der Waals surface area contributed by atoms with Gasteiger partial charge in [0.2, 0.25) is 0 Å². The summed E-state index contributed by atoms with van der Waals surface area (Å²) in [6, 6.07) is 2.46. The third-order valence-corrected chi connectivity index (χ3v) is 3.86. The number of fused-ring (bicyclic) bond motifs is 3. The minimum absolute atomic E-state index is 0.392. The number of aromatic nitrogens is 2. The van der Waals surface area contributed by atoms with Gasteiger partial charge in [0, 0.05) is 45.0 Å². The van der Waals surface area contributed by atoms with Gasteiger partial charge in [0.15, 0.2) is 0 Å². The van der Waals surface area contributed by atoms with Crippen molar-refractivity contribution in [3.05, 3.63) is 23.3 Å². The third kappa shape index (κ3) is 2.25. The van der Waals surface area contributed by atoms with Crippen LogP contribution in [0.15, 0.2) is 6.07 Å². The number of hydrogen-bond acceptors (Lipinski definition) is 5. The Bertz CT molecular complexity index is 425. The predicted octanol–water partition coefficient (Wildman–Crippen LogP) is 0.177. The molecule has 5 nitrogen and oxygen atoms in total. The lowest BCUT2D eigenvalue weighted by atomic mass is 10.1. The summed E-state index contributed by atoms with van der Waals surface area (Å²) in [5, 5.41) is 3.16. The summed E-state index contributed by atoms with van der Waals surface area (Å²) in [5.74, 6) is 1.00. The quantitative estimate of drug-likeness (QED) is 0.825. The molecule has 1 aromatic heterocycles. The van der Waals surface area contributed by atoms with Crippen LogP contribution in [0.3, 0.4) is 0 Å². The molecule has 3 saturated heterocycles. The van der Waals surface area contributed by atoms with Gasteiger partial charge in [-0.15, -0.1) is 0 Å². The molecule has 2 bridgehead atoms. The lowest BCUT2D eigenvalue weighted by molar-refractivity contribution is 0.00849. The first-order valence-electron chi connectivity index (χ1n) is 6.72. The number of rotatable bonds is 3. The number of hydrogen-bond donors (Lipinski definition) is 1. The number of nitrogens with one attached hydrogen (secondary N) is 1. The maximum absolute atomic E-state index is 4.72. The van der Waals surface area contributed by atoms with Gasteiger partial charge in [-0.25, -0.2) is 9.97 Å². The highest BCUT2D eigenvalue weighted by Crippen LogP contribution is 2.26. The molecule has 3 fully saturated rings. The average Bonchev–Trinajstić information content (AvgIpc) is 2.40. The molecule has 18 heavy (non-hydrogen) atoms. The van der Waals surface area contributed by atoms with Gasteiger partial charge in [0.25, 0.3) is 0 Å². The Hall–Kier alpha value is -1.04. The second-order valence-electron chi connectivity index (χ2n) is 5.24. The molecule has 0 aromatic carbocycles. The minimum Gasteiger partial charge on any atom is -0.314 e. The van der Waals surface area contributed by atoms with E-state index in [4.69, 9.17) is 4.98 Å². The van der Waals surface area contributed by atoms with Crippen LogP contribution >= 0.6 is 0 Å². The van der Waals surface area contributed by atoms with Crippen LogP contribution in [0.4, 0.5) is 0 Å². The molecule has 3 aliphatic heterocycles. The standard InChI is InChI=1S/C13H21N5/c1-10-7-11(8-14-2)16-13(15-10)12-9-17-3-5-18(12)6-4-17/h7,12,14H,3-6,8-9H2,1-2H3. The summed E-state index contributed by atoms with van der Waals surface area (Å²) in [6.07, 6.45) is 0. The summed E-state index contributed by atoms with van der Waals surface area (Å²) in [5.41, 5.74) is 2.17. The first-order chi connectivity index (χ1) is 8.76. The molecule has 4 rings (SSSR count). The van der Waals surface area contributed by atoms with E-state index in [-0.39, 0.29) is 0 Å². The van der Waals surface area contributed by atoms with Crippen LogP contribution in [0.1, 0.15) is 23.3 Å². The molecular formula is C13H21N5. The fraction of sp³-hybridized carbons (Fsp3) is 0.692. The summed E-state index contributed by atoms with van der Waals surface area (Å²) >= 11 is 0. The summed E-state index contributed by atoms with van der Waals surface area (Å²) in [7, 11) is 1.95. The molecule has 5 heteroatoms. The van der Waals surface area contributed by atoms with E-state index in [1.165, 1.54) is 13.1 Å². The molecule has 0 aliphatic carbocycles. The zero-order chi connectivity index (χ0) is 12.5. The fourth-order valence-electron chi connectivity index (χ4n) is 2.94. The maximum atomic E-state index is 4.72. The normalized spacial score (nSPS) is 30.7. The zero-order valence-corrected chi connectivity index (χ0v) is 11.2. The number of aryl methyl sites for hydroxylation is 1. The van der Waals surface area contributed by atoms with Crippen LogP contribution in [0.25, 0.3) is 0 Å². The summed E-state index contributed by atoms with van der Waals surface area (Å²) in [6.45, 7) is 8.67. The van der Waals surface area contributed by atoms with E-state index in [9.17, 15) is 0 Å². The molecule has 4 heterocycles. The van der Waals surface area contributed by atoms with Crippen molar-refractivity contribution in [3.8, 4) is 0 Å². The Morgan fingerprint density at radius 2 is 2.06 bits per heavy atom. The van der Waals surface area contributed by atoms with Crippen molar-refractivity contribution in [1.82, 2.24) is 25.1 Å². The molecule has 1 unspecified atom stereocenters. The molecule has 0 saturated carbocycles. The van der Waals surface area contributed by atoms with E-state index in [0.29, 0.717) is 6.04 Å². The van der Waals surface area contributed by atoms with Crippen LogP contribution in [-0.4, -0.2) is 59.5 Å². The van der Waals surface area contributed by atoms with Crippen LogP contribution in [0.2, 0.25) is 0 Å². The van der Waals surface area contributed by atoms with Crippen molar-refractivity contribution >= 4 is 0 Å². The molecule has 1 aromatic rings. The second kappa shape index (κ2) is 4.91. The van der Waals surface area contributed by atoms with Gasteiger partial charge in [0.1, 0.15) is 5.82 Å². The van der Waals surface area contributed by atoms with Crippen LogP contribution < -0.4 is 5.32 Å².